The molecular weight excluding hydrogens is 200 g/mol. The van der Waals surface area contributed by atoms with Crippen molar-refractivity contribution < 1.29 is 27.4 Å². The molecule has 0 saturated carbocycles. The quantitative estimate of drug-likeness (QED) is 0.567. The molecule has 0 aromatic carbocycles. The smallest absolute Gasteiger partial charge is 0.394 e. The second-order valence-corrected chi connectivity index (χ2v) is 4.03. The van der Waals surface area contributed by atoms with E-state index in [1.165, 1.54) is 0 Å². The Morgan fingerprint density at radius 3 is 1.62 bits per heavy atom. The van der Waals surface area contributed by atoms with Crippen LogP contribution in [0.2, 0.25) is 0 Å². The van der Waals surface area contributed by atoms with Crippen LogP contribution in [-0.2, 0) is 15.1 Å². The monoisotopic (exact) mass is 216 g/mol. The van der Waals surface area contributed by atoms with Gasteiger partial charge in [0.1, 0.15) is 0 Å². The first-order valence-electron chi connectivity index (χ1n) is 3.51. The number of aliphatic hydroxyl groups excluding tert-OH is 1. The molecule has 0 saturated heterocycles. The molecule has 0 spiro atoms. The van der Waals surface area contributed by atoms with Crippen LogP contribution in [0.1, 0.15) is 20.8 Å². The Balaban J connectivity index is 0. The Kier molecular flexibility index (Phi) is 7.37. The number of hydrogen-bond donors (Lipinski definition) is 3. The van der Waals surface area contributed by atoms with E-state index in [-0.39, 0.29) is 12.2 Å². The van der Waals surface area contributed by atoms with Crippen molar-refractivity contribution in [2.24, 2.45) is 0 Å². The van der Waals surface area contributed by atoms with Gasteiger partial charge in [0.25, 0.3) is 0 Å². The van der Waals surface area contributed by atoms with Gasteiger partial charge in [0.15, 0.2) is 0 Å². The molecular formula is C6H16O6S. The van der Waals surface area contributed by atoms with E-state index in [4.69, 9.17) is 27.4 Å². The molecule has 7 heteroatoms. The van der Waals surface area contributed by atoms with E-state index in [0.717, 1.165) is 0 Å². The molecule has 0 aromatic heterocycles. The molecule has 0 bridgehead atoms. The van der Waals surface area contributed by atoms with Gasteiger partial charge in [-0.1, -0.05) is 0 Å². The lowest BCUT2D eigenvalue weighted by molar-refractivity contribution is -0.0199. The van der Waals surface area contributed by atoms with Gasteiger partial charge in [-0.3, -0.25) is 9.11 Å². The molecule has 82 valence electrons. The van der Waals surface area contributed by atoms with Gasteiger partial charge >= 0.3 is 10.4 Å². The summed E-state index contributed by atoms with van der Waals surface area (Å²) >= 11 is 0. The molecule has 0 rings (SSSR count). The van der Waals surface area contributed by atoms with E-state index in [9.17, 15) is 0 Å². The molecule has 6 nitrogen and oxygen atoms in total. The van der Waals surface area contributed by atoms with E-state index in [1.807, 2.05) is 20.8 Å². The molecule has 0 aliphatic rings. The highest BCUT2D eigenvalue weighted by Gasteiger charge is 2.07. The van der Waals surface area contributed by atoms with Crippen LogP contribution in [0.3, 0.4) is 0 Å². The molecule has 0 amide bonds. The Bertz CT molecular complexity index is 194. The first-order valence-corrected chi connectivity index (χ1v) is 4.90. The fourth-order valence-corrected chi connectivity index (χ4v) is 0.352. The van der Waals surface area contributed by atoms with Crippen LogP contribution >= 0.6 is 0 Å². The van der Waals surface area contributed by atoms with Crippen molar-refractivity contribution in [1.82, 2.24) is 0 Å². The summed E-state index contributed by atoms with van der Waals surface area (Å²) in [6.45, 7) is 6.43. The average molecular weight is 216 g/mol. The van der Waals surface area contributed by atoms with E-state index >= 15 is 0 Å². The third-order valence-corrected chi connectivity index (χ3v) is 0.626. The SMILES string of the molecule is CC(C)(C)OCCO.O=S(=O)(O)O. The average Bonchev–Trinajstić information content (AvgIpc) is 1.77. The molecule has 0 heterocycles. The Morgan fingerprint density at radius 2 is 1.54 bits per heavy atom. The Hall–Kier alpha value is -0.210. The minimum Gasteiger partial charge on any atom is -0.394 e. The minimum absolute atomic E-state index is 0.108. The van der Waals surface area contributed by atoms with Crippen LogP contribution < -0.4 is 0 Å². The number of aliphatic hydroxyl groups is 1. The van der Waals surface area contributed by atoms with E-state index < -0.39 is 10.4 Å². The molecule has 13 heavy (non-hydrogen) atoms. The molecule has 0 radical (unpaired) electrons. The third kappa shape index (κ3) is 49.3. The fraction of sp³-hybridized carbons (Fsp3) is 1.00. The zero-order chi connectivity index (χ0) is 11.1. The molecule has 0 aromatic rings. The van der Waals surface area contributed by atoms with Gasteiger partial charge < -0.3 is 9.84 Å². The predicted octanol–water partition coefficient (Wildman–Crippen LogP) is 0.141. The summed E-state index contributed by atoms with van der Waals surface area (Å²) < 4.78 is 36.7. The lowest BCUT2D eigenvalue weighted by Crippen LogP contribution is -2.20. The maximum atomic E-state index is 8.74. The zero-order valence-corrected chi connectivity index (χ0v) is 8.71. The van der Waals surface area contributed by atoms with Crippen molar-refractivity contribution in [2.45, 2.75) is 26.4 Å². The summed E-state index contributed by atoms with van der Waals surface area (Å²) in [6.07, 6.45) is 0. The van der Waals surface area contributed by atoms with E-state index in [1.54, 1.807) is 0 Å². The molecule has 3 N–H and O–H groups in total. The summed E-state index contributed by atoms with van der Waals surface area (Å²) in [5, 5.41) is 8.30. The lowest BCUT2D eigenvalue weighted by Gasteiger charge is -2.18. The summed E-state index contributed by atoms with van der Waals surface area (Å²) in [4.78, 5) is 0. The van der Waals surface area contributed by atoms with Crippen LogP contribution in [0, 0.1) is 0 Å². The van der Waals surface area contributed by atoms with Crippen molar-refractivity contribution in [3.05, 3.63) is 0 Å². The summed E-state index contributed by atoms with van der Waals surface area (Å²) in [6, 6.07) is 0. The second-order valence-electron chi connectivity index (χ2n) is 3.13. The maximum absolute atomic E-state index is 8.74. The minimum atomic E-state index is -4.67. The third-order valence-electron chi connectivity index (χ3n) is 0.626. The lowest BCUT2D eigenvalue weighted by atomic mass is 10.2. The second kappa shape index (κ2) is 6.28. The number of rotatable bonds is 2. The summed E-state index contributed by atoms with van der Waals surface area (Å²) in [5.74, 6) is 0. The first kappa shape index (κ1) is 15.3. The normalized spacial score (nSPS) is 11.8. The van der Waals surface area contributed by atoms with E-state index in [0.29, 0.717) is 6.61 Å². The van der Waals surface area contributed by atoms with Gasteiger partial charge in [0, 0.05) is 0 Å². The van der Waals surface area contributed by atoms with Crippen molar-refractivity contribution in [3.63, 3.8) is 0 Å². The van der Waals surface area contributed by atoms with Crippen LogP contribution in [-0.4, -0.2) is 41.4 Å². The van der Waals surface area contributed by atoms with Gasteiger partial charge in [0.2, 0.25) is 0 Å². The summed E-state index contributed by atoms with van der Waals surface area (Å²) in [5.41, 5.74) is -0.108. The molecule has 0 aliphatic carbocycles. The molecule has 0 fully saturated rings. The first-order chi connectivity index (χ1) is 5.56. The van der Waals surface area contributed by atoms with Gasteiger partial charge in [-0.05, 0) is 20.8 Å². The maximum Gasteiger partial charge on any atom is 0.394 e. The van der Waals surface area contributed by atoms with Gasteiger partial charge in [0.05, 0.1) is 18.8 Å². The highest BCUT2D eigenvalue weighted by molar-refractivity contribution is 7.79. The van der Waals surface area contributed by atoms with Gasteiger partial charge in [-0.15, -0.1) is 0 Å². The van der Waals surface area contributed by atoms with Crippen LogP contribution in [0.15, 0.2) is 0 Å². The van der Waals surface area contributed by atoms with Gasteiger partial charge in [-0.25, -0.2) is 0 Å². The zero-order valence-electron chi connectivity index (χ0n) is 7.89. The largest absolute Gasteiger partial charge is 0.394 e. The van der Waals surface area contributed by atoms with Gasteiger partial charge in [-0.2, -0.15) is 8.42 Å². The topological polar surface area (TPSA) is 104 Å². The van der Waals surface area contributed by atoms with Crippen molar-refractivity contribution in [1.29, 1.82) is 0 Å². The fourth-order valence-electron chi connectivity index (χ4n) is 0.352. The number of hydrogen-bond acceptors (Lipinski definition) is 4. The Labute approximate surface area is 78.1 Å². The van der Waals surface area contributed by atoms with Crippen LogP contribution in [0.4, 0.5) is 0 Å². The highest BCUT2D eigenvalue weighted by Crippen LogP contribution is 2.04. The highest BCUT2D eigenvalue weighted by atomic mass is 32.3. The molecule has 0 aliphatic heterocycles. The van der Waals surface area contributed by atoms with Crippen molar-refractivity contribution in [3.8, 4) is 0 Å². The molecule has 0 unspecified atom stereocenters. The van der Waals surface area contributed by atoms with Crippen molar-refractivity contribution in [2.75, 3.05) is 13.2 Å². The molecule has 0 atom stereocenters. The summed E-state index contributed by atoms with van der Waals surface area (Å²) in [7, 11) is -4.67. The standard InChI is InChI=1S/C6H14O2.H2O4S/c1-6(2,3)8-5-4-7;1-5(2,3)4/h7H,4-5H2,1-3H3;(H2,1,2,3,4). The number of ether oxygens (including phenoxy) is 1. The van der Waals surface area contributed by atoms with Crippen LogP contribution in [0.5, 0.6) is 0 Å². The van der Waals surface area contributed by atoms with E-state index in [2.05, 4.69) is 0 Å². The van der Waals surface area contributed by atoms with Crippen LogP contribution in [0.25, 0.3) is 0 Å². The predicted molar refractivity (Wildman–Crippen MR) is 47.0 cm³/mol. The van der Waals surface area contributed by atoms with Crippen molar-refractivity contribution >= 4 is 10.4 Å². The Morgan fingerprint density at radius 1 is 1.23 bits per heavy atom.